The Morgan fingerprint density at radius 1 is 0.524 bits per heavy atom. The molecule has 42 heavy (non-hydrogen) atoms. The van der Waals surface area contributed by atoms with E-state index in [2.05, 4.69) is 38.2 Å². The Morgan fingerprint density at radius 2 is 0.881 bits per heavy atom. The Balaban J connectivity index is 3.58. The largest absolute Gasteiger partial charge is 0.462 e. The standard InChI is InChI=1S/C37H68O5/c1-3-5-7-9-11-13-15-17-18-20-22-24-26-28-30-32-37(40)42-35(33-38)34-41-36(39)31-29-27-25-23-21-19-16-14-12-10-8-6-4-2/h13-16,35,38H,3-12,17-34H2,1-2H3/b15-13-,16-14-/t35-/m0/s1. The second kappa shape index (κ2) is 33.9. The number of carbonyl (C=O) groups excluding carboxylic acids is 2. The number of carbonyl (C=O) groups is 2. The van der Waals surface area contributed by atoms with Gasteiger partial charge in [0, 0.05) is 12.8 Å². The molecule has 0 aromatic rings. The molecule has 0 saturated carbocycles. The minimum absolute atomic E-state index is 0.0695. The lowest BCUT2D eigenvalue weighted by molar-refractivity contribution is -0.161. The van der Waals surface area contributed by atoms with E-state index < -0.39 is 6.10 Å². The average Bonchev–Trinajstić information content (AvgIpc) is 2.99. The number of aliphatic hydroxyl groups excluding tert-OH is 1. The molecule has 0 saturated heterocycles. The summed E-state index contributed by atoms with van der Waals surface area (Å²) >= 11 is 0. The number of hydrogen-bond acceptors (Lipinski definition) is 5. The average molecular weight is 593 g/mol. The molecule has 1 N–H and O–H groups in total. The van der Waals surface area contributed by atoms with Gasteiger partial charge in [-0.05, 0) is 64.2 Å². The fraction of sp³-hybridized carbons (Fsp3) is 0.838. The van der Waals surface area contributed by atoms with Crippen molar-refractivity contribution in [3.05, 3.63) is 24.3 Å². The molecule has 1 atom stereocenters. The lowest BCUT2D eigenvalue weighted by atomic mass is 10.1. The van der Waals surface area contributed by atoms with Gasteiger partial charge < -0.3 is 14.6 Å². The molecule has 0 aliphatic carbocycles. The van der Waals surface area contributed by atoms with Gasteiger partial charge in [0.15, 0.2) is 6.10 Å². The van der Waals surface area contributed by atoms with Crippen LogP contribution in [-0.2, 0) is 19.1 Å². The molecule has 0 aromatic carbocycles. The normalized spacial score (nSPS) is 12.4. The van der Waals surface area contributed by atoms with Crippen LogP contribution < -0.4 is 0 Å². The highest BCUT2D eigenvalue weighted by molar-refractivity contribution is 5.70. The Hall–Kier alpha value is -1.62. The van der Waals surface area contributed by atoms with E-state index in [1.165, 1.54) is 109 Å². The molecule has 0 aliphatic rings. The van der Waals surface area contributed by atoms with Gasteiger partial charge in [0.2, 0.25) is 0 Å². The molecule has 0 bridgehead atoms. The van der Waals surface area contributed by atoms with Crippen LogP contribution >= 0.6 is 0 Å². The van der Waals surface area contributed by atoms with E-state index in [4.69, 9.17) is 9.47 Å². The molecule has 0 rings (SSSR count). The maximum absolute atomic E-state index is 12.1. The van der Waals surface area contributed by atoms with Gasteiger partial charge in [-0.15, -0.1) is 0 Å². The molecule has 0 spiro atoms. The van der Waals surface area contributed by atoms with Crippen molar-refractivity contribution in [2.45, 2.75) is 187 Å². The molecule has 0 heterocycles. The number of unbranched alkanes of at least 4 members (excludes halogenated alkanes) is 20. The lowest BCUT2D eigenvalue weighted by Crippen LogP contribution is -2.28. The Labute approximate surface area is 260 Å². The molecule has 5 heteroatoms. The molecular formula is C37H68O5. The minimum Gasteiger partial charge on any atom is -0.462 e. The highest BCUT2D eigenvalue weighted by atomic mass is 16.6. The van der Waals surface area contributed by atoms with E-state index in [0.717, 1.165) is 44.9 Å². The Morgan fingerprint density at radius 3 is 1.29 bits per heavy atom. The van der Waals surface area contributed by atoms with Crippen LogP contribution in [-0.4, -0.2) is 36.4 Å². The molecule has 0 radical (unpaired) electrons. The second-order valence-electron chi connectivity index (χ2n) is 11.9. The van der Waals surface area contributed by atoms with Crippen molar-refractivity contribution in [1.29, 1.82) is 0 Å². The van der Waals surface area contributed by atoms with Crippen molar-refractivity contribution in [3.8, 4) is 0 Å². The van der Waals surface area contributed by atoms with Gasteiger partial charge in [0.25, 0.3) is 0 Å². The summed E-state index contributed by atoms with van der Waals surface area (Å²) in [5.74, 6) is -0.605. The van der Waals surface area contributed by atoms with Gasteiger partial charge in [-0.3, -0.25) is 9.59 Å². The zero-order valence-corrected chi connectivity index (χ0v) is 27.8. The van der Waals surface area contributed by atoms with Crippen LogP contribution in [0.5, 0.6) is 0 Å². The number of rotatable bonds is 32. The second-order valence-corrected chi connectivity index (χ2v) is 11.9. The van der Waals surface area contributed by atoms with E-state index in [0.29, 0.717) is 12.8 Å². The fourth-order valence-corrected chi connectivity index (χ4v) is 4.95. The van der Waals surface area contributed by atoms with Crippen molar-refractivity contribution in [2.75, 3.05) is 13.2 Å². The summed E-state index contributed by atoms with van der Waals surface area (Å²) in [6.07, 6.45) is 38.0. The molecule has 0 fully saturated rings. The molecule has 0 aliphatic heterocycles. The van der Waals surface area contributed by atoms with Gasteiger partial charge in [0.1, 0.15) is 6.61 Å². The van der Waals surface area contributed by atoms with E-state index in [1.807, 2.05) is 0 Å². The summed E-state index contributed by atoms with van der Waals surface area (Å²) in [5.41, 5.74) is 0. The molecule has 0 aromatic heterocycles. The van der Waals surface area contributed by atoms with E-state index in [1.54, 1.807) is 0 Å². The van der Waals surface area contributed by atoms with Gasteiger partial charge >= 0.3 is 11.9 Å². The Bertz CT molecular complexity index is 642. The maximum Gasteiger partial charge on any atom is 0.306 e. The van der Waals surface area contributed by atoms with Crippen LogP contribution in [0.1, 0.15) is 181 Å². The van der Waals surface area contributed by atoms with E-state index in [-0.39, 0.29) is 25.2 Å². The van der Waals surface area contributed by atoms with Crippen LogP contribution in [0.2, 0.25) is 0 Å². The summed E-state index contributed by atoms with van der Waals surface area (Å²) in [4.78, 5) is 24.1. The zero-order valence-electron chi connectivity index (χ0n) is 27.8. The van der Waals surface area contributed by atoms with Crippen LogP contribution in [0.3, 0.4) is 0 Å². The van der Waals surface area contributed by atoms with Crippen molar-refractivity contribution in [2.24, 2.45) is 0 Å². The molecule has 0 amide bonds. The summed E-state index contributed by atoms with van der Waals surface area (Å²) in [7, 11) is 0. The van der Waals surface area contributed by atoms with Crippen molar-refractivity contribution in [1.82, 2.24) is 0 Å². The zero-order chi connectivity index (χ0) is 30.8. The third-order valence-corrected chi connectivity index (χ3v) is 7.72. The summed E-state index contributed by atoms with van der Waals surface area (Å²) in [6, 6.07) is 0. The van der Waals surface area contributed by atoms with Gasteiger partial charge in [-0.2, -0.15) is 0 Å². The first-order valence-corrected chi connectivity index (χ1v) is 17.9. The first-order chi connectivity index (χ1) is 20.6. The summed E-state index contributed by atoms with van der Waals surface area (Å²) < 4.78 is 10.6. The monoisotopic (exact) mass is 593 g/mol. The van der Waals surface area contributed by atoms with Crippen molar-refractivity contribution < 1.29 is 24.2 Å². The first-order valence-electron chi connectivity index (χ1n) is 17.9. The third-order valence-electron chi connectivity index (χ3n) is 7.72. The molecular weight excluding hydrogens is 524 g/mol. The number of ether oxygens (including phenoxy) is 2. The fourth-order valence-electron chi connectivity index (χ4n) is 4.95. The predicted octanol–water partition coefficient (Wildman–Crippen LogP) is 10.7. The number of allylic oxidation sites excluding steroid dienone is 4. The number of hydrogen-bond donors (Lipinski definition) is 1. The van der Waals surface area contributed by atoms with Crippen LogP contribution in [0.15, 0.2) is 24.3 Å². The van der Waals surface area contributed by atoms with E-state index >= 15 is 0 Å². The highest BCUT2D eigenvalue weighted by Crippen LogP contribution is 2.12. The summed E-state index contributed by atoms with van der Waals surface area (Å²) in [5, 5.41) is 9.51. The highest BCUT2D eigenvalue weighted by Gasteiger charge is 2.16. The number of esters is 2. The Kier molecular flexibility index (Phi) is 32.6. The SMILES string of the molecule is CCCCCC/C=C\CCCCCCCCCC(=O)O[C@@H](CO)COC(=O)CCCCCCC/C=C\CCCCCC. The maximum atomic E-state index is 12.1. The van der Waals surface area contributed by atoms with Crippen LogP contribution in [0.25, 0.3) is 0 Å². The van der Waals surface area contributed by atoms with Crippen LogP contribution in [0, 0.1) is 0 Å². The summed E-state index contributed by atoms with van der Waals surface area (Å²) in [6.45, 7) is 4.09. The number of aliphatic hydroxyl groups is 1. The molecule has 246 valence electrons. The predicted molar refractivity (Wildman–Crippen MR) is 178 cm³/mol. The molecule has 5 nitrogen and oxygen atoms in total. The topological polar surface area (TPSA) is 72.8 Å². The molecule has 0 unspecified atom stereocenters. The van der Waals surface area contributed by atoms with Crippen LogP contribution in [0.4, 0.5) is 0 Å². The van der Waals surface area contributed by atoms with Gasteiger partial charge in [-0.25, -0.2) is 0 Å². The van der Waals surface area contributed by atoms with Crippen molar-refractivity contribution >= 4 is 11.9 Å². The van der Waals surface area contributed by atoms with Gasteiger partial charge in [-0.1, -0.05) is 128 Å². The lowest BCUT2D eigenvalue weighted by Gasteiger charge is -2.15. The minimum atomic E-state index is -0.772. The third kappa shape index (κ3) is 31.3. The smallest absolute Gasteiger partial charge is 0.306 e. The quantitative estimate of drug-likeness (QED) is 0.0478. The van der Waals surface area contributed by atoms with Crippen molar-refractivity contribution in [3.63, 3.8) is 0 Å². The first kappa shape index (κ1) is 40.4. The van der Waals surface area contributed by atoms with Gasteiger partial charge in [0.05, 0.1) is 6.61 Å². The van der Waals surface area contributed by atoms with E-state index in [9.17, 15) is 14.7 Å².